The lowest BCUT2D eigenvalue weighted by Crippen LogP contribution is -2.14. The average Bonchev–Trinajstić information content (AvgIpc) is 2.44. The molecule has 0 saturated carbocycles. The van der Waals surface area contributed by atoms with Crippen LogP contribution in [0.3, 0.4) is 0 Å². The molecule has 110 valence electrons. The van der Waals surface area contributed by atoms with Crippen molar-refractivity contribution in [2.24, 2.45) is 0 Å². The number of hydrogen-bond acceptors (Lipinski definition) is 2. The smallest absolute Gasteiger partial charge is 0.293 e. The van der Waals surface area contributed by atoms with Crippen molar-refractivity contribution in [3.63, 3.8) is 0 Å². The molecule has 2 aromatic carbocycles. The second-order valence-corrected chi connectivity index (χ2v) is 6.18. The number of thioether (sulfide) groups is 1. The Bertz CT molecular complexity index is 655. The van der Waals surface area contributed by atoms with E-state index in [1.165, 1.54) is 30.0 Å². The number of halogens is 4. The highest BCUT2D eigenvalue weighted by molar-refractivity contribution is 9.10. The minimum Gasteiger partial charge on any atom is -0.293 e. The Balaban J connectivity index is 2.14. The first-order valence-corrected chi connectivity index (χ1v) is 7.73. The van der Waals surface area contributed by atoms with Crippen LogP contribution in [0.15, 0.2) is 57.9 Å². The Morgan fingerprint density at radius 2 is 1.81 bits per heavy atom. The lowest BCUT2D eigenvalue weighted by Gasteiger charge is -2.11. The fraction of sp³-hybridized carbons (Fsp3) is 0.133. The summed E-state index contributed by atoms with van der Waals surface area (Å²) in [4.78, 5) is 12.9. The molecule has 21 heavy (non-hydrogen) atoms. The molecule has 6 heteroatoms. The first-order valence-electron chi connectivity index (χ1n) is 5.96. The summed E-state index contributed by atoms with van der Waals surface area (Å²) in [6.07, 6.45) is -4.52. The molecule has 0 aliphatic carbocycles. The predicted molar refractivity (Wildman–Crippen MR) is 80.6 cm³/mol. The number of alkyl halides is 3. The van der Waals surface area contributed by atoms with Gasteiger partial charge in [-0.1, -0.05) is 40.2 Å². The van der Waals surface area contributed by atoms with Gasteiger partial charge >= 0.3 is 6.18 Å². The van der Waals surface area contributed by atoms with Gasteiger partial charge < -0.3 is 0 Å². The third-order valence-electron chi connectivity index (χ3n) is 2.70. The monoisotopic (exact) mass is 374 g/mol. The molecule has 1 nitrogen and oxygen atoms in total. The van der Waals surface area contributed by atoms with Crippen molar-refractivity contribution in [2.75, 3.05) is 5.75 Å². The fourth-order valence-corrected chi connectivity index (χ4v) is 3.15. The summed E-state index contributed by atoms with van der Waals surface area (Å²) in [5.74, 6) is -0.572. The van der Waals surface area contributed by atoms with E-state index in [0.717, 1.165) is 15.4 Å². The van der Waals surface area contributed by atoms with Crippen molar-refractivity contribution in [3.8, 4) is 0 Å². The van der Waals surface area contributed by atoms with Crippen LogP contribution in [0, 0.1) is 0 Å². The summed E-state index contributed by atoms with van der Waals surface area (Å²) >= 11 is 4.51. The van der Waals surface area contributed by atoms with Crippen LogP contribution in [-0.2, 0) is 6.18 Å². The van der Waals surface area contributed by atoms with Gasteiger partial charge in [0, 0.05) is 14.9 Å². The van der Waals surface area contributed by atoms with E-state index in [2.05, 4.69) is 15.9 Å². The molecule has 0 bridgehead atoms. The molecule has 2 aromatic rings. The highest BCUT2D eigenvalue weighted by atomic mass is 79.9. The maximum atomic E-state index is 12.9. The quantitative estimate of drug-likeness (QED) is 0.523. The fourth-order valence-electron chi connectivity index (χ4n) is 1.76. The topological polar surface area (TPSA) is 17.1 Å². The van der Waals surface area contributed by atoms with E-state index in [1.807, 2.05) is 12.1 Å². The van der Waals surface area contributed by atoms with Crippen LogP contribution in [0.1, 0.15) is 15.9 Å². The molecule has 0 atom stereocenters. The first-order chi connectivity index (χ1) is 9.88. The Labute approximate surface area is 132 Å². The van der Waals surface area contributed by atoms with Crippen LogP contribution in [-0.4, -0.2) is 11.5 Å². The molecule has 2 rings (SSSR count). The molecular weight excluding hydrogens is 365 g/mol. The van der Waals surface area contributed by atoms with E-state index in [-0.39, 0.29) is 11.3 Å². The van der Waals surface area contributed by atoms with Crippen LogP contribution in [0.2, 0.25) is 0 Å². The SMILES string of the molecule is O=C(CSc1cccc(Br)c1)c1ccccc1C(F)(F)F. The standard InChI is InChI=1S/C15H10BrF3OS/c16-10-4-3-5-11(8-10)21-9-14(20)12-6-1-2-7-13(12)15(17,18)19/h1-8H,9H2. The Kier molecular flexibility index (Phi) is 5.11. The van der Waals surface area contributed by atoms with E-state index >= 15 is 0 Å². The average molecular weight is 375 g/mol. The maximum Gasteiger partial charge on any atom is 0.417 e. The van der Waals surface area contributed by atoms with Gasteiger partial charge in [-0.2, -0.15) is 13.2 Å². The molecule has 0 N–H and O–H groups in total. The lowest BCUT2D eigenvalue weighted by molar-refractivity contribution is -0.137. The van der Waals surface area contributed by atoms with Gasteiger partial charge in [-0.3, -0.25) is 4.79 Å². The molecule has 0 unspecified atom stereocenters. The Morgan fingerprint density at radius 3 is 2.48 bits per heavy atom. The number of ketones is 1. The molecule has 0 fully saturated rings. The summed E-state index contributed by atoms with van der Waals surface area (Å²) < 4.78 is 39.4. The number of benzene rings is 2. The molecule has 0 amide bonds. The first kappa shape index (κ1) is 16.1. The molecule has 0 spiro atoms. The number of rotatable bonds is 4. The van der Waals surface area contributed by atoms with Gasteiger partial charge in [0.15, 0.2) is 5.78 Å². The van der Waals surface area contributed by atoms with E-state index in [0.29, 0.717) is 0 Å². The van der Waals surface area contributed by atoms with Crippen molar-refractivity contribution in [2.45, 2.75) is 11.1 Å². The van der Waals surface area contributed by atoms with Crippen LogP contribution in [0.25, 0.3) is 0 Å². The highest BCUT2D eigenvalue weighted by Gasteiger charge is 2.34. The Morgan fingerprint density at radius 1 is 1.10 bits per heavy atom. The number of carbonyl (C=O) groups excluding carboxylic acids is 1. The molecule has 0 aliphatic heterocycles. The van der Waals surface area contributed by atoms with Crippen LogP contribution < -0.4 is 0 Å². The van der Waals surface area contributed by atoms with E-state index in [1.54, 1.807) is 12.1 Å². The summed E-state index contributed by atoms with van der Waals surface area (Å²) in [5.41, 5.74) is -1.17. The van der Waals surface area contributed by atoms with E-state index in [4.69, 9.17) is 0 Å². The van der Waals surface area contributed by atoms with E-state index in [9.17, 15) is 18.0 Å². The molecule has 0 aliphatic rings. The highest BCUT2D eigenvalue weighted by Crippen LogP contribution is 2.33. The van der Waals surface area contributed by atoms with Gasteiger partial charge in [0.2, 0.25) is 0 Å². The molecule has 0 heterocycles. The van der Waals surface area contributed by atoms with Crippen molar-refractivity contribution in [3.05, 3.63) is 64.1 Å². The second kappa shape index (κ2) is 6.66. The van der Waals surface area contributed by atoms with Crippen LogP contribution in [0.5, 0.6) is 0 Å². The Hall–Kier alpha value is -1.27. The summed E-state index contributed by atoms with van der Waals surface area (Å²) in [5, 5.41) is 0. The number of carbonyl (C=O) groups is 1. The molecular formula is C15H10BrF3OS. The van der Waals surface area contributed by atoms with Crippen molar-refractivity contribution in [1.82, 2.24) is 0 Å². The zero-order valence-electron chi connectivity index (χ0n) is 10.7. The van der Waals surface area contributed by atoms with E-state index < -0.39 is 17.5 Å². The number of Topliss-reactive ketones (excluding diaryl/α,β-unsaturated/α-hetero) is 1. The van der Waals surface area contributed by atoms with Gasteiger partial charge in [0.25, 0.3) is 0 Å². The molecule has 0 aromatic heterocycles. The predicted octanol–water partition coefficient (Wildman–Crippen LogP) is 5.44. The summed E-state index contributed by atoms with van der Waals surface area (Å²) in [6, 6.07) is 12.1. The maximum absolute atomic E-state index is 12.9. The largest absolute Gasteiger partial charge is 0.417 e. The normalized spacial score (nSPS) is 11.4. The number of hydrogen-bond donors (Lipinski definition) is 0. The zero-order chi connectivity index (χ0) is 15.5. The van der Waals surface area contributed by atoms with Crippen molar-refractivity contribution in [1.29, 1.82) is 0 Å². The van der Waals surface area contributed by atoms with Gasteiger partial charge in [-0.05, 0) is 24.3 Å². The summed E-state index contributed by atoms with van der Waals surface area (Å²) in [7, 11) is 0. The van der Waals surface area contributed by atoms with Gasteiger partial charge in [-0.15, -0.1) is 11.8 Å². The second-order valence-electron chi connectivity index (χ2n) is 4.21. The third kappa shape index (κ3) is 4.35. The third-order valence-corrected chi connectivity index (χ3v) is 4.19. The van der Waals surface area contributed by atoms with Crippen molar-refractivity contribution >= 4 is 33.5 Å². The summed E-state index contributed by atoms with van der Waals surface area (Å²) in [6.45, 7) is 0. The van der Waals surface area contributed by atoms with Crippen LogP contribution >= 0.6 is 27.7 Å². The zero-order valence-corrected chi connectivity index (χ0v) is 13.1. The molecule has 0 saturated heterocycles. The van der Waals surface area contributed by atoms with Gasteiger partial charge in [0.05, 0.1) is 11.3 Å². The van der Waals surface area contributed by atoms with Crippen molar-refractivity contribution < 1.29 is 18.0 Å². The van der Waals surface area contributed by atoms with Gasteiger partial charge in [-0.25, -0.2) is 0 Å². The minimum atomic E-state index is -4.52. The lowest BCUT2D eigenvalue weighted by atomic mass is 10.0. The molecule has 0 radical (unpaired) electrons. The minimum absolute atomic E-state index is 0.0381. The van der Waals surface area contributed by atoms with Crippen LogP contribution in [0.4, 0.5) is 13.2 Å². The van der Waals surface area contributed by atoms with Gasteiger partial charge in [0.1, 0.15) is 0 Å².